The third-order valence-corrected chi connectivity index (χ3v) is 6.98. The van der Waals surface area contributed by atoms with E-state index in [1.165, 1.54) is 12.1 Å². The van der Waals surface area contributed by atoms with E-state index in [-0.39, 0.29) is 11.4 Å². The molecule has 1 aromatic heterocycles. The van der Waals surface area contributed by atoms with Crippen LogP contribution in [-0.4, -0.2) is 41.4 Å². The highest BCUT2D eigenvalue weighted by atomic mass is 32.2. The molecule has 0 unspecified atom stereocenters. The summed E-state index contributed by atoms with van der Waals surface area (Å²) in [5, 5.41) is 10.3. The van der Waals surface area contributed by atoms with E-state index in [1.54, 1.807) is 18.3 Å². The van der Waals surface area contributed by atoms with Crippen LogP contribution >= 0.6 is 0 Å². The Morgan fingerprint density at radius 1 is 1.14 bits per heavy atom. The minimum Gasteiger partial charge on any atom is -0.489 e. The lowest BCUT2D eigenvalue weighted by Gasteiger charge is -2.21. The molecule has 1 atom stereocenters. The molecule has 1 N–H and O–H groups in total. The Kier molecular flexibility index (Phi) is 5.21. The Morgan fingerprint density at radius 3 is 2.66 bits per heavy atom. The fourth-order valence-electron chi connectivity index (χ4n) is 3.56. The number of rotatable bonds is 6. The van der Waals surface area contributed by atoms with Crippen LogP contribution in [0.3, 0.4) is 0 Å². The van der Waals surface area contributed by atoms with Crippen molar-refractivity contribution in [1.82, 2.24) is 9.29 Å². The second-order valence-corrected chi connectivity index (χ2v) is 8.75. The van der Waals surface area contributed by atoms with E-state index in [4.69, 9.17) is 4.74 Å². The highest BCUT2D eigenvalue weighted by molar-refractivity contribution is 7.89. The predicted molar refractivity (Wildman–Crippen MR) is 107 cm³/mol. The van der Waals surface area contributed by atoms with Crippen molar-refractivity contribution in [2.75, 3.05) is 6.54 Å². The molecule has 0 amide bonds. The topological polar surface area (TPSA) is 96.8 Å². The number of carboxylic acids is 1. The first kappa shape index (κ1) is 19.4. The standard InChI is InChI=1S/C21H20N2O5S/c24-21(25)20-6-3-13-23(20)29(26,27)17-9-7-16(8-10-17)28-14-15-11-12-22-19-5-2-1-4-18(15)19/h1-2,4-5,7-12,20H,3,6,13-14H2,(H,24,25)/t20-/m1/s1. The first-order valence-corrected chi connectivity index (χ1v) is 10.7. The normalized spacial score (nSPS) is 17.4. The van der Waals surface area contributed by atoms with Crippen LogP contribution in [0, 0.1) is 0 Å². The maximum absolute atomic E-state index is 12.8. The molecule has 29 heavy (non-hydrogen) atoms. The van der Waals surface area contributed by atoms with Gasteiger partial charge in [0.15, 0.2) is 0 Å². The molecule has 0 radical (unpaired) electrons. The van der Waals surface area contributed by atoms with Crippen molar-refractivity contribution < 1.29 is 23.1 Å². The molecule has 1 fully saturated rings. The molecule has 0 bridgehead atoms. The second-order valence-electron chi connectivity index (χ2n) is 6.86. The van der Waals surface area contributed by atoms with Gasteiger partial charge in [-0.1, -0.05) is 18.2 Å². The van der Waals surface area contributed by atoms with E-state index < -0.39 is 22.0 Å². The molecule has 4 rings (SSSR count). The van der Waals surface area contributed by atoms with Crippen LogP contribution in [0.25, 0.3) is 10.9 Å². The first-order valence-electron chi connectivity index (χ1n) is 9.27. The summed E-state index contributed by atoms with van der Waals surface area (Å²) < 4.78 is 32.5. The monoisotopic (exact) mass is 412 g/mol. The van der Waals surface area contributed by atoms with E-state index in [2.05, 4.69) is 4.98 Å². The van der Waals surface area contributed by atoms with Crippen molar-refractivity contribution in [1.29, 1.82) is 0 Å². The summed E-state index contributed by atoms with van der Waals surface area (Å²) in [5.41, 5.74) is 1.86. The number of ether oxygens (including phenoxy) is 1. The first-order chi connectivity index (χ1) is 14.0. The molecule has 1 aliphatic heterocycles. The average molecular weight is 412 g/mol. The summed E-state index contributed by atoms with van der Waals surface area (Å²) in [4.78, 5) is 15.7. The van der Waals surface area contributed by atoms with Gasteiger partial charge >= 0.3 is 5.97 Å². The van der Waals surface area contributed by atoms with Gasteiger partial charge in [0.05, 0.1) is 10.4 Å². The molecule has 0 spiro atoms. The van der Waals surface area contributed by atoms with Crippen molar-refractivity contribution in [3.05, 3.63) is 66.4 Å². The summed E-state index contributed by atoms with van der Waals surface area (Å²) in [5.74, 6) is -0.586. The molecule has 3 aromatic rings. The van der Waals surface area contributed by atoms with Crippen LogP contribution in [0.2, 0.25) is 0 Å². The van der Waals surface area contributed by atoms with Gasteiger partial charge in [-0.3, -0.25) is 9.78 Å². The summed E-state index contributed by atoms with van der Waals surface area (Å²) in [7, 11) is -3.86. The van der Waals surface area contributed by atoms with Gasteiger partial charge in [0.25, 0.3) is 0 Å². The smallest absolute Gasteiger partial charge is 0.322 e. The summed E-state index contributed by atoms with van der Waals surface area (Å²) in [6.07, 6.45) is 2.60. The minimum absolute atomic E-state index is 0.0624. The lowest BCUT2D eigenvalue weighted by atomic mass is 10.1. The molecular weight excluding hydrogens is 392 g/mol. The molecule has 150 valence electrons. The maximum atomic E-state index is 12.8. The number of aromatic nitrogens is 1. The van der Waals surface area contributed by atoms with Gasteiger partial charge < -0.3 is 9.84 Å². The number of carboxylic acid groups (broad SMARTS) is 1. The van der Waals surface area contributed by atoms with Crippen molar-refractivity contribution in [2.24, 2.45) is 0 Å². The SMILES string of the molecule is O=C(O)[C@H]1CCCN1S(=O)(=O)c1ccc(OCc2ccnc3ccccc23)cc1. The number of carbonyl (C=O) groups is 1. The highest BCUT2D eigenvalue weighted by Crippen LogP contribution is 2.27. The van der Waals surface area contributed by atoms with E-state index >= 15 is 0 Å². The van der Waals surface area contributed by atoms with E-state index in [1.807, 2.05) is 30.3 Å². The van der Waals surface area contributed by atoms with Crippen LogP contribution in [0.15, 0.2) is 65.7 Å². The van der Waals surface area contributed by atoms with E-state index in [9.17, 15) is 18.3 Å². The van der Waals surface area contributed by atoms with Gasteiger partial charge in [0.1, 0.15) is 18.4 Å². The number of aliphatic carboxylic acids is 1. The molecule has 2 heterocycles. The number of nitrogens with zero attached hydrogens (tertiary/aromatic N) is 2. The number of hydrogen-bond donors (Lipinski definition) is 1. The number of benzene rings is 2. The molecule has 2 aromatic carbocycles. The largest absolute Gasteiger partial charge is 0.489 e. The number of pyridine rings is 1. The summed E-state index contributed by atoms with van der Waals surface area (Å²) in [6, 6.07) is 14.7. The van der Waals surface area contributed by atoms with Crippen LogP contribution in [-0.2, 0) is 21.4 Å². The lowest BCUT2D eigenvalue weighted by molar-refractivity contribution is -0.140. The van der Waals surface area contributed by atoms with E-state index in [0.29, 0.717) is 25.2 Å². The minimum atomic E-state index is -3.86. The second kappa shape index (κ2) is 7.81. The van der Waals surface area contributed by atoms with Crippen LogP contribution in [0.4, 0.5) is 0 Å². The zero-order valence-electron chi connectivity index (χ0n) is 15.6. The predicted octanol–water partition coefficient (Wildman–Crippen LogP) is 3.05. The fraction of sp³-hybridized carbons (Fsp3) is 0.238. The van der Waals surface area contributed by atoms with Crippen molar-refractivity contribution in [3.8, 4) is 5.75 Å². The zero-order valence-corrected chi connectivity index (χ0v) is 16.4. The van der Waals surface area contributed by atoms with Gasteiger partial charge in [-0.2, -0.15) is 4.31 Å². The third kappa shape index (κ3) is 3.81. The molecule has 1 aliphatic rings. The van der Waals surface area contributed by atoms with Gasteiger partial charge in [0, 0.05) is 23.7 Å². The van der Waals surface area contributed by atoms with Crippen molar-refractivity contribution >= 4 is 26.9 Å². The Labute approximate surface area is 168 Å². The average Bonchev–Trinajstić information content (AvgIpc) is 3.24. The Balaban J connectivity index is 1.50. The molecule has 1 saturated heterocycles. The Bertz CT molecular complexity index is 1140. The van der Waals surface area contributed by atoms with Gasteiger partial charge in [-0.25, -0.2) is 8.42 Å². The molecule has 0 aliphatic carbocycles. The number of sulfonamides is 1. The molecule has 7 nitrogen and oxygen atoms in total. The lowest BCUT2D eigenvalue weighted by Crippen LogP contribution is -2.40. The number of fused-ring (bicyclic) bond motifs is 1. The van der Waals surface area contributed by atoms with Crippen LogP contribution in [0.5, 0.6) is 5.75 Å². The molecule has 8 heteroatoms. The Hall–Kier alpha value is -2.97. The third-order valence-electron chi connectivity index (χ3n) is 5.05. The highest BCUT2D eigenvalue weighted by Gasteiger charge is 2.39. The van der Waals surface area contributed by atoms with Crippen molar-refractivity contribution in [3.63, 3.8) is 0 Å². The maximum Gasteiger partial charge on any atom is 0.322 e. The number of para-hydroxylation sites is 1. The van der Waals surface area contributed by atoms with Gasteiger partial charge in [0.2, 0.25) is 10.0 Å². The summed E-state index contributed by atoms with van der Waals surface area (Å²) >= 11 is 0. The molecular formula is C21H20N2O5S. The zero-order chi connectivity index (χ0) is 20.4. The fourth-order valence-corrected chi connectivity index (χ4v) is 5.21. The van der Waals surface area contributed by atoms with Gasteiger partial charge in [-0.05, 0) is 49.2 Å². The van der Waals surface area contributed by atoms with Crippen molar-refractivity contribution in [2.45, 2.75) is 30.4 Å². The Morgan fingerprint density at radius 2 is 1.90 bits per heavy atom. The quantitative estimate of drug-likeness (QED) is 0.668. The molecule has 0 saturated carbocycles. The van der Waals surface area contributed by atoms with Crippen LogP contribution in [0.1, 0.15) is 18.4 Å². The van der Waals surface area contributed by atoms with E-state index in [0.717, 1.165) is 20.8 Å². The van der Waals surface area contributed by atoms with Crippen LogP contribution < -0.4 is 4.74 Å². The number of hydrogen-bond acceptors (Lipinski definition) is 5. The summed E-state index contributed by atoms with van der Waals surface area (Å²) in [6.45, 7) is 0.537. The van der Waals surface area contributed by atoms with Gasteiger partial charge in [-0.15, -0.1) is 0 Å².